The van der Waals surface area contributed by atoms with Crippen LogP contribution in [0.4, 0.5) is 5.69 Å². The molecule has 0 unspecified atom stereocenters. The van der Waals surface area contributed by atoms with E-state index in [2.05, 4.69) is 14.9 Å². The fraction of sp³-hybridized carbons (Fsp3) is 0.737. The van der Waals surface area contributed by atoms with Crippen LogP contribution in [0.15, 0.2) is 12.4 Å². The molecule has 2 aliphatic rings. The summed E-state index contributed by atoms with van der Waals surface area (Å²) < 4.78 is 5.92. The van der Waals surface area contributed by atoms with Gasteiger partial charge in [0.15, 0.2) is 0 Å². The van der Waals surface area contributed by atoms with Crippen LogP contribution in [0, 0.1) is 5.92 Å². The molecule has 144 valence electrons. The third-order valence-electron chi connectivity index (χ3n) is 5.36. The van der Waals surface area contributed by atoms with Gasteiger partial charge in [-0.25, -0.2) is 9.97 Å². The standard InChI is InChI=1S/C19H31N5O2/c1-14(2)17(20)18(25)24-10-6-16(7-11-24)26-19-21-12-15(13-22-19)23-8-4-3-5-9-23/h12-14,16-17H,3-11,20H2,1-2H3/t17-/m0/s1. The number of carbonyl (C=O) groups is 1. The van der Waals surface area contributed by atoms with E-state index >= 15 is 0 Å². The first-order valence-corrected chi connectivity index (χ1v) is 9.82. The Morgan fingerprint density at radius 1 is 1.12 bits per heavy atom. The summed E-state index contributed by atoms with van der Waals surface area (Å²) >= 11 is 0. The molecule has 2 N–H and O–H groups in total. The number of hydrogen-bond donors (Lipinski definition) is 1. The Balaban J connectivity index is 1.48. The molecule has 0 radical (unpaired) electrons. The van der Waals surface area contributed by atoms with Gasteiger partial charge >= 0.3 is 6.01 Å². The van der Waals surface area contributed by atoms with Gasteiger partial charge in [-0.3, -0.25) is 4.79 Å². The number of piperidine rings is 2. The lowest BCUT2D eigenvalue weighted by atomic mass is 10.0. The molecule has 2 aliphatic heterocycles. The molecule has 0 saturated carbocycles. The van der Waals surface area contributed by atoms with Crippen LogP contribution in [-0.2, 0) is 4.79 Å². The van der Waals surface area contributed by atoms with Gasteiger partial charge in [0.05, 0.1) is 24.1 Å². The minimum absolute atomic E-state index is 0.0422. The number of ether oxygens (including phenoxy) is 1. The Bertz CT molecular complexity index is 578. The summed E-state index contributed by atoms with van der Waals surface area (Å²) in [4.78, 5) is 25.3. The second-order valence-electron chi connectivity index (χ2n) is 7.68. The van der Waals surface area contributed by atoms with E-state index in [1.54, 1.807) is 0 Å². The molecule has 0 aliphatic carbocycles. The van der Waals surface area contributed by atoms with Gasteiger partial charge < -0.3 is 20.3 Å². The molecule has 0 bridgehead atoms. The number of aromatic nitrogens is 2. The smallest absolute Gasteiger partial charge is 0.316 e. The molecular formula is C19H31N5O2. The van der Waals surface area contributed by atoms with Crippen molar-refractivity contribution in [3.8, 4) is 6.01 Å². The number of carbonyl (C=O) groups excluding carboxylic acids is 1. The van der Waals surface area contributed by atoms with Crippen LogP contribution < -0.4 is 15.4 Å². The minimum Gasteiger partial charge on any atom is -0.460 e. The monoisotopic (exact) mass is 361 g/mol. The highest BCUT2D eigenvalue weighted by atomic mass is 16.5. The number of rotatable bonds is 5. The first-order chi connectivity index (χ1) is 12.5. The second kappa shape index (κ2) is 8.66. The summed E-state index contributed by atoms with van der Waals surface area (Å²) in [6.45, 7) is 7.46. The zero-order valence-corrected chi connectivity index (χ0v) is 15.9. The lowest BCUT2D eigenvalue weighted by molar-refractivity contribution is -0.135. The molecule has 2 fully saturated rings. The number of hydrogen-bond acceptors (Lipinski definition) is 6. The quantitative estimate of drug-likeness (QED) is 0.861. The highest BCUT2D eigenvalue weighted by Gasteiger charge is 2.28. The molecule has 1 atom stereocenters. The van der Waals surface area contributed by atoms with Crippen molar-refractivity contribution in [2.45, 2.75) is 58.1 Å². The molecule has 7 nitrogen and oxygen atoms in total. The Hall–Kier alpha value is -1.89. The summed E-state index contributed by atoms with van der Waals surface area (Å²) in [5.41, 5.74) is 7.05. The molecule has 0 aromatic carbocycles. The Kier molecular flexibility index (Phi) is 6.29. The largest absolute Gasteiger partial charge is 0.460 e. The van der Waals surface area contributed by atoms with Crippen molar-refractivity contribution < 1.29 is 9.53 Å². The van der Waals surface area contributed by atoms with Crippen LogP contribution in [-0.4, -0.2) is 59.1 Å². The van der Waals surface area contributed by atoms with E-state index in [1.807, 2.05) is 31.1 Å². The van der Waals surface area contributed by atoms with Crippen molar-refractivity contribution in [3.63, 3.8) is 0 Å². The predicted molar refractivity (Wildman–Crippen MR) is 101 cm³/mol. The van der Waals surface area contributed by atoms with E-state index in [0.29, 0.717) is 19.1 Å². The summed E-state index contributed by atoms with van der Waals surface area (Å²) in [5.74, 6) is 0.198. The van der Waals surface area contributed by atoms with E-state index in [-0.39, 0.29) is 17.9 Å². The second-order valence-corrected chi connectivity index (χ2v) is 7.68. The lowest BCUT2D eigenvalue weighted by Crippen LogP contribution is -2.50. The van der Waals surface area contributed by atoms with Gasteiger partial charge in [0.25, 0.3) is 0 Å². The van der Waals surface area contributed by atoms with E-state index in [0.717, 1.165) is 31.6 Å². The molecular weight excluding hydrogens is 330 g/mol. The van der Waals surface area contributed by atoms with Crippen molar-refractivity contribution >= 4 is 11.6 Å². The van der Waals surface area contributed by atoms with Crippen LogP contribution >= 0.6 is 0 Å². The van der Waals surface area contributed by atoms with Crippen molar-refractivity contribution in [3.05, 3.63) is 12.4 Å². The fourth-order valence-corrected chi connectivity index (χ4v) is 3.52. The van der Waals surface area contributed by atoms with Gasteiger partial charge in [-0.2, -0.15) is 0 Å². The molecule has 3 heterocycles. The Morgan fingerprint density at radius 2 is 1.73 bits per heavy atom. The summed E-state index contributed by atoms with van der Waals surface area (Å²) in [5, 5.41) is 0. The maximum Gasteiger partial charge on any atom is 0.316 e. The van der Waals surface area contributed by atoms with Gasteiger partial charge in [0.2, 0.25) is 5.91 Å². The third kappa shape index (κ3) is 4.63. The molecule has 0 spiro atoms. The summed E-state index contributed by atoms with van der Waals surface area (Å²) in [6.07, 6.45) is 9.10. The zero-order valence-electron chi connectivity index (χ0n) is 15.9. The Labute approximate surface area is 155 Å². The predicted octanol–water partition coefficient (Wildman–Crippen LogP) is 1.82. The summed E-state index contributed by atoms with van der Waals surface area (Å²) in [7, 11) is 0. The normalized spacial score (nSPS) is 20.3. The van der Waals surface area contributed by atoms with E-state index in [1.165, 1.54) is 19.3 Å². The highest BCUT2D eigenvalue weighted by Crippen LogP contribution is 2.21. The molecule has 1 amide bonds. The lowest BCUT2D eigenvalue weighted by Gasteiger charge is -2.34. The van der Waals surface area contributed by atoms with Crippen molar-refractivity contribution in [1.29, 1.82) is 0 Å². The fourth-order valence-electron chi connectivity index (χ4n) is 3.52. The van der Waals surface area contributed by atoms with Crippen molar-refractivity contribution in [1.82, 2.24) is 14.9 Å². The van der Waals surface area contributed by atoms with Crippen LogP contribution in [0.2, 0.25) is 0 Å². The van der Waals surface area contributed by atoms with Crippen LogP contribution in [0.5, 0.6) is 6.01 Å². The van der Waals surface area contributed by atoms with Crippen LogP contribution in [0.3, 0.4) is 0 Å². The zero-order chi connectivity index (χ0) is 18.5. The number of amides is 1. The topological polar surface area (TPSA) is 84.6 Å². The maximum absolute atomic E-state index is 12.3. The van der Waals surface area contributed by atoms with Crippen LogP contribution in [0.1, 0.15) is 46.0 Å². The van der Waals surface area contributed by atoms with E-state index in [4.69, 9.17) is 10.5 Å². The number of nitrogens with zero attached hydrogens (tertiary/aromatic N) is 4. The van der Waals surface area contributed by atoms with Gasteiger partial charge in [-0.15, -0.1) is 0 Å². The van der Waals surface area contributed by atoms with Crippen molar-refractivity contribution in [2.24, 2.45) is 11.7 Å². The highest BCUT2D eigenvalue weighted by molar-refractivity contribution is 5.82. The average molecular weight is 361 g/mol. The van der Waals surface area contributed by atoms with E-state index in [9.17, 15) is 4.79 Å². The Morgan fingerprint density at radius 3 is 2.31 bits per heavy atom. The first kappa shape index (κ1) is 18.9. The van der Waals surface area contributed by atoms with Crippen LogP contribution in [0.25, 0.3) is 0 Å². The molecule has 26 heavy (non-hydrogen) atoms. The molecule has 7 heteroatoms. The number of anilines is 1. The van der Waals surface area contributed by atoms with E-state index < -0.39 is 6.04 Å². The van der Waals surface area contributed by atoms with Gasteiger partial charge in [0.1, 0.15) is 6.10 Å². The van der Waals surface area contributed by atoms with Crippen molar-refractivity contribution in [2.75, 3.05) is 31.1 Å². The van der Waals surface area contributed by atoms with Gasteiger partial charge in [0, 0.05) is 39.0 Å². The molecule has 1 aromatic heterocycles. The minimum atomic E-state index is -0.418. The first-order valence-electron chi connectivity index (χ1n) is 9.82. The van der Waals surface area contributed by atoms with Gasteiger partial charge in [-0.1, -0.05) is 13.8 Å². The molecule has 3 rings (SSSR count). The molecule has 1 aromatic rings. The summed E-state index contributed by atoms with van der Waals surface area (Å²) in [6, 6.07) is 0.00699. The molecule has 2 saturated heterocycles. The maximum atomic E-state index is 12.3. The number of nitrogens with two attached hydrogens (primary N) is 1. The number of likely N-dealkylation sites (tertiary alicyclic amines) is 1. The van der Waals surface area contributed by atoms with Gasteiger partial charge in [-0.05, 0) is 25.2 Å². The third-order valence-corrected chi connectivity index (χ3v) is 5.36. The average Bonchev–Trinajstić information content (AvgIpc) is 2.68. The SMILES string of the molecule is CC(C)[C@H](N)C(=O)N1CCC(Oc2ncc(N3CCCCC3)cn2)CC1.